The zero-order valence-electron chi connectivity index (χ0n) is 10.8. The van der Waals surface area contributed by atoms with Crippen LogP contribution in [0.3, 0.4) is 0 Å². The van der Waals surface area contributed by atoms with E-state index in [1.165, 1.54) is 5.69 Å². The standard InChI is InChI=1S/C13H19BrN2OS/c1-16(2)13-4-3-10(14)9-12(13)15-11-5-7-18(17)8-6-11/h3-4,9,11,15H,5-8H2,1-2H3. The van der Waals surface area contributed by atoms with Gasteiger partial charge in [0.25, 0.3) is 0 Å². The van der Waals surface area contributed by atoms with Gasteiger partial charge in [0.05, 0.1) is 11.4 Å². The lowest BCUT2D eigenvalue weighted by atomic mass is 10.1. The molecule has 3 nitrogen and oxygen atoms in total. The first-order valence-corrected chi connectivity index (χ1v) is 8.43. The molecular formula is C13H19BrN2OS. The molecule has 1 saturated heterocycles. The molecule has 1 heterocycles. The molecule has 1 aliphatic heterocycles. The molecule has 2 rings (SSSR count). The summed E-state index contributed by atoms with van der Waals surface area (Å²) in [6.45, 7) is 0. The highest BCUT2D eigenvalue weighted by Gasteiger charge is 2.18. The highest BCUT2D eigenvalue weighted by atomic mass is 79.9. The Hall–Kier alpha value is -0.550. The third-order valence-electron chi connectivity index (χ3n) is 3.19. The second-order valence-corrected chi connectivity index (χ2v) is 7.43. The topological polar surface area (TPSA) is 32.3 Å². The van der Waals surface area contributed by atoms with E-state index in [1.54, 1.807) is 0 Å². The molecule has 1 aliphatic rings. The van der Waals surface area contributed by atoms with Crippen molar-refractivity contribution in [2.24, 2.45) is 0 Å². The maximum atomic E-state index is 11.4. The van der Waals surface area contributed by atoms with Crippen molar-refractivity contribution >= 4 is 38.1 Å². The Morgan fingerprint density at radius 3 is 2.61 bits per heavy atom. The summed E-state index contributed by atoms with van der Waals surface area (Å²) in [5.74, 6) is 1.64. The van der Waals surface area contributed by atoms with Crippen LogP contribution in [-0.4, -0.2) is 35.9 Å². The van der Waals surface area contributed by atoms with Crippen molar-refractivity contribution in [3.8, 4) is 0 Å². The van der Waals surface area contributed by atoms with Crippen LogP contribution >= 0.6 is 15.9 Å². The zero-order valence-corrected chi connectivity index (χ0v) is 13.2. The summed E-state index contributed by atoms with van der Waals surface area (Å²) in [5, 5.41) is 3.59. The normalized spacial score (nSPS) is 23.7. The van der Waals surface area contributed by atoms with E-state index in [1.807, 2.05) is 14.1 Å². The number of benzene rings is 1. The van der Waals surface area contributed by atoms with Crippen LogP contribution < -0.4 is 10.2 Å². The van der Waals surface area contributed by atoms with Crippen LogP contribution in [0.4, 0.5) is 11.4 Å². The Morgan fingerprint density at radius 1 is 1.33 bits per heavy atom. The van der Waals surface area contributed by atoms with Crippen molar-refractivity contribution in [1.29, 1.82) is 0 Å². The van der Waals surface area contributed by atoms with Gasteiger partial charge in [-0.25, -0.2) is 0 Å². The number of halogens is 1. The lowest BCUT2D eigenvalue weighted by Crippen LogP contribution is -2.30. The maximum Gasteiger partial charge on any atom is 0.0597 e. The smallest absolute Gasteiger partial charge is 0.0597 e. The fourth-order valence-corrected chi connectivity index (χ4v) is 3.83. The van der Waals surface area contributed by atoms with E-state index in [9.17, 15) is 4.21 Å². The van der Waals surface area contributed by atoms with Crippen LogP contribution in [-0.2, 0) is 10.8 Å². The lowest BCUT2D eigenvalue weighted by Gasteiger charge is -2.26. The van der Waals surface area contributed by atoms with Crippen molar-refractivity contribution in [2.75, 3.05) is 35.8 Å². The Morgan fingerprint density at radius 2 is 2.00 bits per heavy atom. The van der Waals surface area contributed by atoms with Crippen molar-refractivity contribution in [1.82, 2.24) is 0 Å². The summed E-state index contributed by atoms with van der Waals surface area (Å²) in [6.07, 6.45) is 1.98. The van der Waals surface area contributed by atoms with Crippen LogP contribution in [0.2, 0.25) is 0 Å². The quantitative estimate of drug-likeness (QED) is 0.924. The first-order valence-electron chi connectivity index (χ1n) is 6.14. The SMILES string of the molecule is CN(C)c1ccc(Br)cc1NC1CCS(=O)CC1. The molecule has 1 aromatic carbocycles. The third-order valence-corrected chi connectivity index (χ3v) is 5.06. The van der Waals surface area contributed by atoms with Gasteiger partial charge in [-0.05, 0) is 31.0 Å². The molecule has 1 aromatic rings. The number of anilines is 2. The average Bonchev–Trinajstić information content (AvgIpc) is 2.32. The van der Waals surface area contributed by atoms with Gasteiger partial charge in [-0.1, -0.05) is 15.9 Å². The average molecular weight is 331 g/mol. The summed E-state index contributed by atoms with van der Waals surface area (Å²) >= 11 is 3.51. The molecule has 1 fully saturated rings. The largest absolute Gasteiger partial charge is 0.381 e. The molecule has 0 amide bonds. The van der Waals surface area contributed by atoms with Gasteiger partial charge in [0, 0.05) is 46.9 Å². The molecule has 18 heavy (non-hydrogen) atoms. The maximum absolute atomic E-state index is 11.4. The molecule has 0 saturated carbocycles. The summed E-state index contributed by atoms with van der Waals surface area (Å²) in [6, 6.07) is 6.71. The molecule has 0 spiro atoms. The molecule has 0 unspecified atom stereocenters. The fourth-order valence-electron chi connectivity index (χ4n) is 2.17. The zero-order chi connectivity index (χ0) is 13.1. The van der Waals surface area contributed by atoms with Crippen LogP contribution in [0.25, 0.3) is 0 Å². The molecule has 0 aliphatic carbocycles. The van der Waals surface area contributed by atoms with Crippen LogP contribution in [0.1, 0.15) is 12.8 Å². The first kappa shape index (κ1) is 13.9. The van der Waals surface area contributed by atoms with Gasteiger partial charge in [0.15, 0.2) is 0 Å². The molecule has 5 heteroatoms. The van der Waals surface area contributed by atoms with Crippen molar-refractivity contribution in [3.05, 3.63) is 22.7 Å². The van der Waals surface area contributed by atoms with Gasteiger partial charge in [0.1, 0.15) is 0 Å². The van der Waals surface area contributed by atoms with E-state index < -0.39 is 10.8 Å². The Kier molecular flexibility index (Phi) is 4.67. The summed E-state index contributed by atoms with van der Waals surface area (Å²) in [5.41, 5.74) is 2.33. The van der Waals surface area contributed by atoms with Gasteiger partial charge in [-0.15, -0.1) is 0 Å². The highest BCUT2D eigenvalue weighted by Crippen LogP contribution is 2.29. The van der Waals surface area contributed by atoms with Crippen LogP contribution in [0.15, 0.2) is 22.7 Å². The van der Waals surface area contributed by atoms with Crippen molar-refractivity contribution < 1.29 is 4.21 Å². The Balaban J connectivity index is 2.12. The third kappa shape index (κ3) is 3.48. The van der Waals surface area contributed by atoms with E-state index >= 15 is 0 Å². The predicted molar refractivity (Wildman–Crippen MR) is 83.0 cm³/mol. The molecule has 0 aromatic heterocycles. The summed E-state index contributed by atoms with van der Waals surface area (Å²) in [7, 11) is 3.49. The van der Waals surface area contributed by atoms with Gasteiger partial charge in [-0.2, -0.15) is 0 Å². The number of hydrogen-bond acceptors (Lipinski definition) is 3. The van der Waals surface area contributed by atoms with Gasteiger partial charge in [0.2, 0.25) is 0 Å². The van der Waals surface area contributed by atoms with Crippen molar-refractivity contribution in [3.63, 3.8) is 0 Å². The van der Waals surface area contributed by atoms with Gasteiger partial charge in [-0.3, -0.25) is 4.21 Å². The summed E-state index contributed by atoms with van der Waals surface area (Å²) < 4.78 is 12.4. The minimum absolute atomic E-state index is 0.440. The van der Waals surface area contributed by atoms with E-state index in [0.717, 1.165) is 34.5 Å². The fraction of sp³-hybridized carbons (Fsp3) is 0.538. The van der Waals surface area contributed by atoms with Gasteiger partial charge < -0.3 is 10.2 Å². The molecule has 0 radical (unpaired) electrons. The van der Waals surface area contributed by atoms with E-state index in [0.29, 0.717) is 6.04 Å². The minimum atomic E-state index is -0.597. The monoisotopic (exact) mass is 330 g/mol. The minimum Gasteiger partial charge on any atom is -0.381 e. The number of nitrogens with one attached hydrogen (secondary N) is 1. The van der Waals surface area contributed by atoms with E-state index in [2.05, 4.69) is 44.3 Å². The molecule has 1 N–H and O–H groups in total. The lowest BCUT2D eigenvalue weighted by molar-refractivity contribution is 0.624. The molecule has 0 bridgehead atoms. The number of rotatable bonds is 3. The van der Waals surface area contributed by atoms with E-state index in [-0.39, 0.29) is 0 Å². The van der Waals surface area contributed by atoms with E-state index in [4.69, 9.17) is 0 Å². The molecular weight excluding hydrogens is 312 g/mol. The van der Waals surface area contributed by atoms with Crippen LogP contribution in [0.5, 0.6) is 0 Å². The van der Waals surface area contributed by atoms with Gasteiger partial charge >= 0.3 is 0 Å². The molecule has 0 atom stereocenters. The van der Waals surface area contributed by atoms with Crippen molar-refractivity contribution in [2.45, 2.75) is 18.9 Å². The number of hydrogen-bond donors (Lipinski definition) is 1. The summed E-state index contributed by atoms with van der Waals surface area (Å²) in [4.78, 5) is 2.11. The number of nitrogens with zero attached hydrogens (tertiary/aromatic N) is 1. The Labute approximate surface area is 120 Å². The highest BCUT2D eigenvalue weighted by molar-refractivity contribution is 9.10. The molecule has 100 valence electrons. The second kappa shape index (κ2) is 6.06. The second-order valence-electron chi connectivity index (χ2n) is 4.82. The van der Waals surface area contributed by atoms with Crippen LogP contribution in [0, 0.1) is 0 Å². The Bertz CT molecular complexity index is 441. The predicted octanol–water partition coefficient (Wildman–Crippen LogP) is 2.84. The first-order chi connectivity index (χ1) is 8.56.